The van der Waals surface area contributed by atoms with Crippen LogP contribution < -0.4 is 10.1 Å². The third-order valence-corrected chi connectivity index (χ3v) is 4.88. The number of methoxy groups -OCH3 is 1. The summed E-state index contributed by atoms with van der Waals surface area (Å²) >= 11 is 0. The number of amides is 1. The van der Waals surface area contributed by atoms with Gasteiger partial charge in [0.15, 0.2) is 17.1 Å². The molecule has 0 aliphatic heterocycles. The SMILES string of the molecule is COc1cccc2cc(C(=O)NCCCc3cn(-c4ccccc4)nc3C)oc12. The zero-order valence-electron chi connectivity index (χ0n) is 16.5. The highest BCUT2D eigenvalue weighted by molar-refractivity contribution is 5.97. The third kappa shape index (κ3) is 4.01. The lowest BCUT2D eigenvalue weighted by molar-refractivity contribution is 0.0927. The lowest BCUT2D eigenvalue weighted by Crippen LogP contribution is -2.24. The van der Waals surface area contributed by atoms with E-state index in [1.807, 2.05) is 60.1 Å². The molecule has 4 aromatic rings. The minimum Gasteiger partial charge on any atom is -0.493 e. The highest BCUT2D eigenvalue weighted by Gasteiger charge is 2.14. The largest absolute Gasteiger partial charge is 0.493 e. The number of aromatic nitrogens is 2. The molecule has 0 saturated carbocycles. The number of rotatable bonds is 7. The summed E-state index contributed by atoms with van der Waals surface area (Å²) in [5, 5.41) is 8.36. The standard InChI is InChI=1S/C23H23N3O3/c1-16-18(15-26(25-16)19-10-4-3-5-11-19)9-7-13-24-23(27)21-14-17-8-6-12-20(28-2)22(17)29-21/h3-6,8,10-12,14-15H,7,9,13H2,1-2H3,(H,24,27). The summed E-state index contributed by atoms with van der Waals surface area (Å²) in [5.74, 6) is 0.685. The molecule has 148 valence electrons. The quantitative estimate of drug-likeness (QED) is 0.479. The number of fused-ring (bicyclic) bond motifs is 1. The maximum atomic E-state index is 12.4. The zero-order chi connectivity index (χ0) is 20.2. The molecule has 0 atom stereocenters. The minimum absolute atomic E-state index is 0.222. The van der Waals surface area contributed by atoms with E-state index in [2.05, 4.69) is 16.6 Å². The van der Waals surface area contributed by atoms with Crippen molar-refractivity contribution in [2.45, 2.75) is 19.8 Å². The monoisotopic (exact) mass is 389 g/mol. The van der Waals surface area contributed by atoms with Crippen molar-refractivity contribution in [1.82, 2.24) is 15.1 Å². The van der Waals surface area contributed by atoms with E-state index >= 15 is 0 Å². The van der Waals surface area contributed by atoms with E-state index in [0.29, 0.717) is 17.9 Å². The van der Waals surface area contributed by atoms with Crippen molar-refractivity contribution in [3.63, 3.8) is 0 Å². The average Bonchev–Trinajstić information content (AvgIpc) is 3.35. The van der Waals surface area contributed by atoms with Gasteiger partial charge in [-0.2, -0.15) is 5.10 Å². The van der Waals surface area contributed by atoms with E-state index in [4.69, 9.17) is 9.15 Å². The minimum atomic E-state index is -0.222. The summed E-state index contributed by atoms with van der Waals surface area (Å²) < 4.78 is 12.9. The first-order valence-electron chi connectivity index (χ1n) is 9.61. The number of para-hydroxylation sites is 2. The number of carbonyl (C=O) groups excluding carboxylic acids is 1. The van der Waals surface area contributed by atoms with E-state index < -0.39 is 0 Å². The van der Waals surface area contributed by atoms with Gasteiger partial charge in [0.25, 0.3) is 5.91 Å². The Morgan fingerprint density at radius 2 is 2.00 bits per heavy atom. The van der Waals surface area contributed by atoms with Crippen LogP contribution in [0.2, 0.25) is 0 Å². The number of ether oxygens (including phenoxy) is 1. The predicted molar refractivity (Wildman–Crippen MR) is 112 cm³/mol. The Morgan fingerprint density at radius 1 is 1.17 bits per heavy atom. The van der Waals surface area contributed by atoms with Gasteiger partial charge in [-0.25, -0.2) is 4.68 Å². The molecule has 0 saturated heterocycles. The second kappa shape index (κ2) is 8.22. The van der Waals surface area contributed by atoms with Crippen molar-refractivity contribution < 1.29 is 13.9 Å². The number of benzene rings is 2. The Hall–Kier alpha value is -3.54. The van der Waals surface area contributed by atoms with Gasteiger partial charge in [-0.15, -0.1) is 0 Å². The van der Waals surface area contributed by atoms with Crippen molar-refractivity contribution in [1.29, 1.82) is 0 Å². The Labute approximate surface area is 169 Å². The second-order valence-electron chi connectivity index (χ2n) is 6.87. The third-order valence-electron chi connectivity index (χ3n) is 4.88. The van der Waals surface area contributed by atoms with E-state index in [-0.39, 0.29) is 11.7 Å². The molecule has 0 aliphatic carbocycles. The predicted octanol–water partition coefficient (Wildman–Crippen LogP) is 4.30. The highest BCUT2D eigenvalue weighted by atomic mass is 16.5. The topological polar surface area (TPSA) is 69.3 Å². The smallest absolute Gasteiger partial charge is 0.287 e. The van der Waals surface area contributed by atoms with Crippen LogP contribution in [0.25, 0.3) is 16.7 Å². The lowest BCUT2D eigenvalue weighted by atomic mass is 10.1. The summed E-state index contributed by atoms with van der Waals surface area (Å²) in [6.45, 7) is 2.57. The van der Waals surface area contributed by atoms with Crippen LogP contribution in [0.3, 0.4) is 0 Å². The maximum absolute atomic E-state index is 12.4. The molecule has 2 aromatic carbocycles. The van der Waals surface area contributed by atoms with Gasteiger partial charge in [0.1, 0.15) is 0 Å². The number of nitrogens with one attached hydrogen (secondary N) is 1. The van der Waals surface area contributed by atoms with E-state index in [1.165, 1.54) is 5.56 Å². The van der Waals surface area contributed by atoms with E-state index in [1.54, 1.807) is 13.2 Å². The number of hydrogen-bond acceptors (Lipinski definition) is 4. The fraction of sp³-hybridized carbons (Fsp3) is 0.217. The van der Waals surface area contributed by atoms with Crippen LogP contribution in [0.5, 0.6) is 5.75 Å². The fourth-order valence-corrected chi connectivity index (χ4v) is 3.33. The number of furan rings is 1. The number of nitrogens with zero attached hydrogens (tertiary/aromatic N) is 2. The number of aryl methyl sites for hydroxylation is 2. The average molecular weight is 389 g/mol. The van der Waals surface area contributed by atoms with Crippen LogP contribution in [-0.4, -0.2) is 29.3 Å². The molecule has 0 spiro atoms. The second-order valence-corrected chi connectivity index (χ2v) is 6.87. The summed E-state index contributed by atoms with van der Waals surface area (Å²) in [6.07, 6.45) is 3.71. The van der Waals surface area contributed by atoms with Crippen LogP contribution in [0.15, 0.2) is 65.2 Å². The molecule has 2 aromatic heterocycles. The molecular formula is C23H23N3O3. The van der Waals surface area contributed by atoms with Crippen LogP contribution in [0, 0.1) is 6.92 Å². The van der Waals surface area contributed by atoms with Crippen molar-refractivity contribution in [2.24, 2.45) is 0 Å². The number of hydrogen-bond donors (Lipinski definition) is 1. The van der Waals surface area contributed by atoms with Gasteiger partial charge in [0, 0.05) is 18.1 Å². The molecule has 6 nitrogen and oxygen atoms in total. The molecule has 0 unspecified atom stereocenters. The lowest BCUT2D eigenvalue weighted by Gasteiger charge is -2.03. The van der Waals surface area contributed by atoms with Gasteiger partial charge in [-0.05, 0) is 49.6 Å². The van der Waals surface area contributed by atoms with Crippen LogP contribution >= 0.6 is 0 Å². The van der Waals surface area contributed by atoms with Gasteiger partial charge >= 0.3 is 0 Å². The summed E-state index contributed by atoms with van der Waals surface area (Å²) in [6, 6.07) is 17.3. The van der Waals surface area contributed by atoms with Crippen molar-refractivity contribution in [3.05, 3.63) is 77.8 Å². The molecule has 1 amide bonds. The van der Waals surface area contributed by atoms with Crippen molar-refractivity contribution in [2.75, 3.05) is 13.7 Å². The van der Waals surface area contributed by atoms with E-state index in [9.17, 15) is 4.79 Å². The van der Waals surface area contributed by atoms with Gasteiger partial charge < -0.3 is 14.5 Å². The number of carbonyl (C=O) groups is 1. The van der Waals surface area contributed by atoms with Gasteiger partial charge in [0.05, 0.1) is 18.5 Å². The summed E-state index contributed by atoms with van der Waals surface area (Å²) in [7, 11) is 1.58. The van der Waals surface area contributed by atoms with Crippen molar-refractivity contribution >= 4 is 16.9 Å². The van der Waals surface area contributed by atoms with Crippen LogP contribution in [-0.2, 0) is 6.42 Å². The van der Waals surface area contributed by atoms with Gasteiger partial charge in [-0.3, -0.25) is 4.79 Å². The highest BCUT2D eigenvalue weighted by Crippen LogP contribution is 2.28. The fourth-order valence-electron chi connectivity index (χ4n) is 3.33. The molecule has 0 bridgehead atoms. The van der Waals surface area contributed by atoms with Crippen molar-refractivity contribution in [3.8, 4) is 11.4 Å². The molecule has 0 aliphatic rings. The Balaban J connectivity index is 1.34. The zero-order valence-corrected chi connectivity index (χ0v) is 16.5. The van der Waals surface area contributed by atoms with Crippen LogP contribution in [0.4, 0.5) is 0 Å². The van der Waals surface area contributed by atoms with Gasteiger partial charge in [0.2, 0.25) is 0 Å². The normalized spacial score (nSPS) is 11.0. The first kappa shape index (κ1) is 18.8. The van der Waals surface area contributed by atoms with Gasteiger partial charge in [-0.1, -0.05) is 30.3 Å². The van der Waals surface area contributed by atoms with E-state index in [0.717, 1.165) is 29.6 Å². The molecule has 0 fully saturated rings. The Morgan fingerprint density at radius 3 is 2.79 bits per heavy atom. The molecule has 29 heavy (non-hydrogen) atoms. The molecule has 0 radical (unpaired) electrons. The molecular weight excluding hydrogens is 366 g/mol. The van der Waals surface area contributed by atoms with Crippen LogP contribution in [0.1, 0.15) is 28.2 Å². The summed E-state index contributed by atoms with van der Waals surface area (Å²) in [4.78, 5) is 12.4. The molecule has 4 rings (SSSR count). The molecule has 1 N–H and O–H groups in total. The molecule has 2 heterocycles. The Bertz CT molecular complexity index is 1130. The first-order chi connectivity index (χ1) is 14.2. The Kier molecular flexibility index (Phi) is 5.33. The molecule has 6 heteroatoms. The summed E-state index contributed by atoms with van der Waals surface area (Å²) in [5.41, 5.74) is 3.81. The maximum Gasteiger partial charge on any atom is 0.287 e. The first-order valence-corrected chi connectivity index (χ1v) is 9.61.